The molecule has 1 heterocycles. The van der Waals surface area contributed by atoms with Crippen LogP contribution in [0.4, 0.5) is 0 Å². The third-order valence-corrected chi connectivity index (χ3v) is 2.01. The van der Waals surface area contributed by atoms with Crippen molar-refractivity contribution in [1.82, 2.24) is 15.1 Å². The molecule has 2 N–H and O–H groups in total. The minimum absolute atomic E-state index is 0.296. The maximum Gasteiger partial charge on any atom is 0.0636 e. The molecule has 1 aromatic rings. The van der Waals surface area contributed by atoms with Crippen molar-refractivity contribution in [3.63, 3.8) is 0 Å². The summed E-state index contributed by atoms with van der Waals surface area (Å²) in [5.41, 5.74) is 1.16. The van der Waals surface area contributed by atoms with Gasteiger partial charge >= 0.3 is 0 Å². The molecule has 0 fully saturated rings. The van der Waals surface area contributed by atoms with Crippen LogP contribution >= 0.6 is 0 Å². The van der Waals surface area contributed by atoms with Gasteiger partial charge in [0.2, 0.25) is 0 Å². The second-order valence-electron chi connectivity index (χ2n) is 4.44. The second-order valence-corrected chi connectivity index (χ2v) is 4.44. The first-order valence-electron chi connectivity index (χ1n) is 5.48. The van der Waals surface area contributed by atoms with E-state index in [4.69, 9.17) is 5.11 Å². The number of hydrogen-bond acceptors (Lipinski definition) is 3. The van der Waals surface area contributed by atoms with E-state index in [1.54, 1.807) is 6.92 Å². The Balaban J connectivity index is 2.33. The normalized spacial score (nSPS) is 13.4. The number of rotatable bonds is 6. The summed E-state index contributed by atoms with van der Waals surface area (Å²) in [6.07, 6.45) is 3.63. The van der Waals surface area contributed by atoms with Crippen LogP contribution in [0.2, 0.25) is 0 Å². The Hall–Kier alpha value is -0.870. The number of hydrogen-bond donors (Lipinski definition) is 2. The van der Waals surface area contributed by atoms with E-state index in [9.17, 15) is 0 Å². The molecule has 1 aromatic heterocycles. The predicted molar refractivity (Wildman–Crippen MR) is 60.5 cm³/mol. The molecule has 1 unspecified atom stereocenters. The van der Waals surface area contributed by atoms with Gasteiger partial charge in [-0.05, 0) is 12.8 Å². The van der Waals surface area contributed by atoms with E-state index in [2.05, 4.69) is 30.5 Å². The Morgan fingerprint density at radius 3 is 2.80 bits per heavy atom. The summed E-state index contributed by atoms with van der Waals surface area (Å²) >= 11 is 0. The Kier molecular flexibility index (Phi) is 4.78. The van der Waals surface area contributed by atoms with E-state index in [-0.39, 0.29) is 6.10 Å². The topological polar surface area (TPSA) is 50.1 Å². The molecule has 0 spiro atoms. The van der Waals surface area contributed by atoms with E-state index in [1.165, 1.54) is 0 Å². The Labute approximate surface area is 91.3 Å². The fraction of sp³-hybridized carbons (Fsp3) is 0.727. The van der Waals surface area contributed by atoms with Gasteiger partial charge in [0.25, 0.3) is 0 Å². The smallest absolute Gasteiger partial charge is 0.0636 e. The van der Waals surface area contributed by atoms with Crippen molar-refractivity contribution in [1.29, 1.82) is 0 Å². The highest BCUT2D eigenvalue weighted by Crippen LogP contribution is 2.01. The summed E-state index contributed by atoms with van der Waals surface area (Å²) in [7, 11) is 0. The molecular formula is C11H21N3O. The fourth-order valence-corrected chi connectivity index (χ4v) is 1.40. The van der Waals surface area contributed by atoms with E-state index in [1.807, 2.05) is 10.9 Å². The number of aliphatic hydroxyl groups is 1. The quantitative estimate of drug-likeness (QED) is 0.738. The molecule has 0 amide bonds. The Morgan fingerprint density at radius 1 is 1.47 bits per heavy atom. The van der Waals surface area contributed by atoms with E-state index >= 15 is 0 Å². The second kappa shape index (κ2) is 5.88. The molecule has 15 heavy (non-hydrogen) atoms. The first kappa shape index (κ1) is 12.2. The predicted octanol–water partition coefficient (Wildman–Crippen LogP) is 1.01. The standard InChI is InChI=1S/C11H21N3O/c1-9(2)7-14-8-11(6-13-14)5-12-4-10(3)15/h6,8-10,12,15H,4-5,7H2,1-3H3. The molecule has 0 radical (unpaired) electrons. The summed E-state index contributed by atoms with van der Waals surface area (Å²) in [4.78, 5) is 0. The molecule has 4 nitrogen and oxygen atoms in total. The molecule has 86 valence electrons. The highest BCUT2D eigenvalue weighted by atomic mass is 16.3. The largest absolute Gasteiger partial charge is 0.392 e. The van der Waals surface area contributed by atoms with Crippen LogP contribution in [0, 0.1) is 5.92 Å². The molecule has 0 aromatic carbocycles. The summed E-state index contributed by atoms with van der Waals surface area (Å²) in [5.74, 6) is 0.614. The highest BCUT2D eigenvalue weighted by Gasteiger charge is 2.01. The van der Waals surface area contributed by atoms with Crippen molar-refractivity contribution in [2.45, 2.75) is 40.0 Å². The summed E-state index contributed by atoms with van der Waals surface area (Å²) in [6.45, 7) is 8.46. The fourth-order valence-electron chi connectivity index (χ4n) is 1.40. The molecule has 0 bridgehead atoms. The average Bonchev–Trinajstić information content (AvgIpc) is 2.50. The lowest BCUT2D eigenvalue weighted by molar-refractivity contribution is 0.191. The van der Waals surface area contributed by atoms with Crippen molar-refractivity contribution in [2.75, 3.05) is 6.54 Å². The lowest BCUT2D eigenvalue weighted by Gasteiger charge is -2.05. The van der Waals surface area contributed by atoms with Crippen molar-refractivity contribution in [3.8, 4) is 0 Å². The van der Waals surface area contributed by atoms with E-state index in [0.29, 0.717) is 12.5 Å². The van der Waals surface area contributed by atoms with Gasteiger partial charge in [0.15, 0.2) is 0 Å². The van der Waals surface area contributed by atoms with Crippen LogP contribution < -0.4 is 5.32 Å². The van der Waals surface area contributed by atoms with Crippen LogP contribution in [0.25, 0.3) is 0 Å². The zero-order chi connectivity index (χ0) is 11.3. The molecule has 0 saturated heterocycles. The van der Waals surface area contributed by atoms with Crippen LogP contribution in [-0.4, -0.2) is 27.5 Å². The van der Waals surface area contributed by atoms with Gasteiger partial charge in [-0.2, -0.15) is 5.10 Å². The van der Waals surface area contributed by atoms with Gasteiger partial charge < -0.3 is 10.4 Å². The van der Waals surface area contributed by atoms with Crippen LogP contribution in [0.3, 0.4) is 0 Å². The van der Waals surface area contributed by atoms with Crippen molar-refractivity contribution in [3.05, 3.63) is 18.0 Å². The SMILES string of the molecule is CC(C)Cn1cc(CNCC(C)O)cn1. The van der Waals surface area contributed by atoms with Gasteiger partial charge in [0.1, 0.15) is 0 Å². The zero-order valence-corrected chi connectivity index (χ0v) is 9.77. The van der Waals surface area contributed by atoms with Gasteiger partial charge in [-0.25, -0.2) is 0 Å². The molecule has 0 saturated carbocycles. The molecule has 1 rings (SSSR count). The lowest BCUT2D eigenvalue weighted by atomic mass is 10.2. The minimum atomic E-state index is -0.296. The third-order valence-electron chi connectivity index (χ3n) is 2.01. The maximum atomic E-state index is 9.07. The molecule has 0 aliphatic heterocycles. The summed E-state index contributed by atoms with van der Waals surface area (Å²) in [5, 5.41) is 16.5. The third kappa shape index (κ3) is 4.95. The summed E-state index contributed by atoms with van der Waals surface area (Å²) in [6, 6.07) is 0. The first-order chi connectivity index (χ1) is 7.08. The average molecular weight is 211 g/mol. The molecule has 1 atom stereocenters. The van der Waals surface area contributed by atoms with Gasteiger partial charge in [-0.15, -0.1) is 0 Å². The van der Waals surface area contributed by atoms with Gasteiger partial charge in [-0.3, -0.25) is 4.68 Å². The molecule has 0 aliphatic carbocycles. The first-order valence-corrected chi connectivity index (χ1v) is 5.48. The summed E-state index contributed by atoms with van der Waals surface area (Å²) < 4.78 is 1.96. The van der Waals surface area contributed by atoms with E-state index < -0.39 is 0 Å². The van der Waals surface area contributed by atoms with Crippen LogP contribution in [0.5, 0.6) is 0 Å². The number of aromatic nitrogens is 2. The minimum Gasteiger partial charge on any atom is -0.392 e. The van der Waals surface area contributed by atoms with Crippen molar-refractivity contribution < 1.29 is 5.11 Å². The zero-order valence-electron chi connectivity index (χ0n) is 9.77. The van der Waals surface area contributed by atoms with Crippen molar-refractivity contribution >= 4 is 0 Å². The van der Waals surface area contributed by atoms with Gasteiger partial charge in [0.05, 0.1) is 12.3 Å². The lowest BCUT2D eigenvalue weighted by Crippen LogP contribution is -2.23. The van der Waals surface area contributed by atoms with Crippen LogP contribution in [0.1, 0.15) is 26.3 Å². The van der Waals surface area contributed by atoms with Gasteiger partial charge in [0, 0.05) is 31.4 Å². The Morgan fingerprint density at radius 2 is 2.20 bits per heavy atom. The van der Waals surface area contributed by atoms with Crippen molar-refractivity contribution in [2.24, 2.45) is 5.92 Å². The van der Waals surface area contributed by atoms with Crippen LogP contribution in [0.15, 0.2) is 12.4 Å². The Bertz CT molecular complexity index is 281. The highest BCUT2D eigenvalue weighted by molar-refractivity contribution is 5.03. The van der Waals surface area contributed by atoms with E-state index in [0.717, 1.165) is 18.7 Å². The number of aliphatic hydroxyl groups excluding tert-OH is 1. The molecule has 4 heteroatoms. The molecule has 0 aliphatic rings. The number of nitrogens with one attached hydrogen (secondary N) is 1. The monoisotopic (exact) mass is 211 g/mol. The number of nitrogens with zero attached hydrogens (tertiary/aromatic N) is 2. The van der Waals surface area contributed by atoms with Gasteiger partial charge in [-0.1, -0.05) is 13.8 Å². The molecular weight excluding hydrogens is 190 g/mol. The van der Waals surface area contributed by atoms with Crippen LogP contribution in [-0.2, 0) is 13.1 Å². The maximum absolute atomic E-state index is 9.07.